The molecule has 1 aromatic carbocycles. The molecule has 13 heteroatoms. The smallest absolute Gasteiger partial charge is 0.374 e. The number of amides is 2. The van der Waals surface area contributed by atoms with Gasteiger partial charge in [0, 0.05) is 24.0 Å². The third-order valence-electron chi connectivity index (χ3n) is 6.30. The molecule has 6 rings (SSSR count). The summed E-state index contributed by atoms with van der Waals surface area (Å²) in [7, 11) is 0. The number of hydrogen-bond donors (Lipinski definition) is 2. The molecular formula is C24H21F3N8O2. The first kappa shape index (κ1) is 23.2. The second kappa shape index (κ2) is 9.00. The second-order valence-electron chi connectivity index (χ2n) is 8.92. The number of nitrogens with one attached hydrogen (secondary N) is 2. The number of rotatable bonds is 5. The zero-order valence-electron chi connectivity index (χ0n) is 19.3. The van der Waals surface area contributed by atoms with Crippen LogP contribution in [0, 0.1) is 0 Å². The quantitative estimate of drug-likeness (QED) is 0.417. The molecule has 2 unspecified atom stereocenters. The maximum absolute atomic E-state index is 13.2. The molecule has 3 aromatic heterocycles. The van der Waals surface area contributed by atoms with E-state index in [0.717, 1.165) is 11.1 Å². The Kier molecular flexibility index (Phi) is 5.63. The monoisotopic (exact) mass is 510 g/mol. The van der Waals surface area contributed by atoms with Crippen LogP contribution in [0.3, 0.4) is 0 Å². The lowest BCUT2D eigenvalue weighted by Crippen LogP contribution is -2.37. The first-order valence-corrected chi connectivity index (χ1v) is 11.6. The van der Waals surface area contributed by atoms with E-state index in [1.165, 1.54) is 12.4 Å². The number of aromatic nitrogens is 5. The molecule has 2 fully saturated rings. The van der Waals surface area contributed by atoms with Gasteiger partial charge in [-0.1, -0.05) is 0 Å². The van der Waals surface area contributed by atoms with Gasteiger partial charge in [-0.25, -0.2) is 19.4 Å². The maximum Gasteiger partial charge on any atom is 0.408 e. The van der Waals surface area contributed by atoms with E-state index >= 15 is 0 Å². The molecule has 10 nitrogen and oxygen atoms in total. The van der Waals surface area contributed by atoms with Crippen molar-refractivity contribution in [2.75, 3.05) is 28.7 Å². The Labute approximate surface area is 208 Å². The number of morpholine rings is 1. The highest BCUT2D eigenvalue weighted by Crippen LogP contribution is 2.36. The van der Waals surface area contributed by atoms with Crippen molar-refractivity contribution in [2.45, 2.75) is 31.3 Å². The van der Waals surface area contributed by atoms with Crippen LogP contribution in [0.1, 0.15) is 6.42 Å². The highest BCUT2D eigenvalue weighted by atomic mass is 19.4. The number of alkyl halides is 3. The van der Waals surface area contributed by atoms with E-state index in [1.807, 2.05) is 0 Å². The van der Waals surface area contributed by atoms with Gasteiger partial charge in [-0.3, -0.25) is 4.98 Å². The minimum Gasteiger partial charge on any atom is -0.374 e. The molecule has 4 aromatic rings. The molecule has 0 aliphatic carbocycles. The van der Waals surface area contributed by atoms with Crippen molar-refractivity contribution in [1.82, 2.24) is 24.7 Å². The Morgan fingerprint density at radius 2 is 1.89 bits per heavy atom. The van der Waals surface area contributed by atoms with Crippen LogP contribution in [0.25, 0.3) is 22.4 Å². The number of benzene rings is 1. The third-order valence-corrected chi connectivity index (χ3v) is 6.30. The Balaban J connectivity index is 1.30. The molecule has 0 spiro atoms. The van der Waals surface area contributed by atoms with E-state index in [2.05, 4.69) is 30.6 Å². The van der Waals surface area contributed by atoms with Gasteiger partial charge >= 0.3 is 12.2 Å². The van der Waals surface area contributed by atoms with Crippen molar-refractivity contribution in [3.05, 3.63) is 55.0 Å². The predicted octanol–water partition coefficient (Wildman–Crippen LogP) is 4.07. The van der Waals surface area contributed by atoms with Gasteiger partial charge in [0.15, 0.2) is 11.5 Å². The van der Waals surface area contributed by atoms with E-state index < -0.39 is 18.8 Å². The largest absolute Gasteiger partial charge is 0.408 e. The number of fused-ring (bicyclic) bond motifs is 3. The standard InChI is InChI=1S/C24H21F3N8O2/c25-24(26,27)13-35-22-19(10-29-35)21(34-11-18-8-17(34)12-37-18)32-20(33-22)14-3-5-15(6-4-14)30-23(36)31-16-2-1-7-28-9-16/h1-7,9-10,17-18H,8,11-13H2,(H2,30,31,36). The number of urea groups is 1. The molecular weight excluding hydrogens is 489 g/mol. The fraction of sp³-hybridized carbons (Fsp3) is 0.292. The normalized spacial score (nSPS) is 18.9. The molecule has 2 bridgehead atoms. The van der Waals surface area contributed by atoms with Gasteiger partial charge < -0.3 is 20.3 Å². The Morgan fingerprint density at radius 1 is 1.08 bits per heavy atom. The van der Waals surface area contributed by atoms with Gasteiger partial charge in [0.2, 0.25) is 0 Å². The average Bonchev–Trinajstić information content (AvgIpc) is 3.60. The number of anilines is 3. The topological polar surface area (TPSA) is 110 Å². The Hall–Kier alpha value is -4.26. The van der Waals surface area contributed by atoms with Crippen LogP contribution < -0.4 is 15.5 Å². The number of ether oxygens (including phenoxy) is 1. The Morgan fingerprint density at radius 3 is 2.57 bits per heavy atom. The summed E-state index contributed by atoms with van der Waals surface area (Å²) in [5, 5.41) is 9.83. The SMILES string of the molecule is O=C(Nc1ccc(-c2nc(N3CC4CC3CO4)c3cnn(CC(F)(F)F)c3n2)cc1)Nc1cccnc1. The molecule has 2 aliphatic rings. The summed E-state index contributed by atoms with van der Waals surface area (Å²) >= 11 is 0. The third kappa shape index (κ3) is 4.77. The molecule has 0 saturated carbocycles. The average molecular weight is 510 g/mol. The van der Waals surface area contributed by atoms with Crippen LogP contribution in [0.15, 0.2) is 55.0 Å². The van der Waals surface area contributed by atoms with E-state index in [9.17, 15) is 18.0 Å². The Bertz CT molecular complexity index is 1440. The number of nitrogens with zero attached hydrogens (tertiary/aromatic N) is 6. The van der Waals surface area contributed by atoms with E-state index in [4.69, 9.17) is 9.72 Å². The van der Waals surface area contributed by atoms with Crippen LogP contribution in [0.4, 0.5) is 35.2 Å². The molecule has 37 heavy (non-hydrogen) atoms. The van der Waals surface area contributed by atoms with E-state index in [0.29, 0.717) is 41.3 Å². The van der Waals surface area contributed by atoms with Gasteiger partial charge in [0.05, 0.1) is 42.2 Å². The van der Waals surface area contributed by atoms with Gasteiger partial charge in [-0.2, -0.15) is 18.3 Å². The van der Waals surface area contributed by atoms with Crippen LogP contribution in [0.5, 0.6) is 0 Å². The molecule has 190 valence electrons. The van der Waals surface area contributed by atoms with Crippen molar-refractivity contribution in [1.29, 1.82) is 0 Å². The summed E-state index contributed by atoms with van der Waals surface area (Å²) in [6.07, 6.45) is 0.987. The van der Waals surface area contributed by atoms with Crippen molar-refractivity contribution in [3.8, 4) is 11.4 Å². The van der Waals surface area contributed by atoms with Crippen molar-refractivity contribution >= 4 is 34.3 Å². The van der Waals surface area contributed by atoms with Crippen LogP contribution in [-0.4, -0.2) is 62.2 Å². The second-order valence-corrected chi connectivity index (χ2v) is 8.92. The minimum absolute atomic E-state index is 0.0758. The van der Waals surface area contributed by atoms with Gasteiger partial charge in [0.25, 0.3) is 0 Å². The lowest BCUT2D eigenvalue weighted by atomic mass is 10.2. The molecule has 5 heterocycles. The van der Waals surface area contributed by atoms with Crippen LogP contribution in [0.2, 0.25) is 0 Å². The highest BCUT2D eigenvalue weighted by Gasteiger charge is 2.41. The molecule has 2 saturated heterocycles. The van der Waals surface area contributed by atoms with Gasteiger partial charge in [-0.05, 0) is 42.8 Å². The van der Waals surface area contributed by atoms with Gasteiger partial charge in [-0.15, -0.1) is 0 Å². The first-order valence-electron chi connectivity index (χ1n) is 11.6. The number of carbonyl (C=O) groups excluding carboxylic acids is 1. The summed E-state index contributed by atoms with van der Waals surface area (Å²) in [5.74, 6) is 0.809. The van der Waals surface area contributed by atoms with Crippen molar-refractivity contribution < 1.29 is 22.7 Å². The van der Waals surface area contributed by atoms with Crippen LogP contribution in [-0.2, 0) is 11.3 Å². The molecule has 2 amide bonds. The lowest BCUT2D eigenvalue weighted by molar-refractivity contribution is -0.141. The molecule has 2 N–H and O–H groups in total. The fourth-order valence-corrected chi connectivity index (χ4v) is 4.67. The molecule has 2 atom stereocenters. The summed E-state index contributed by atoms with van der Waals surface area (Å²) in [6.45, 7) is -0.101. The summed E-state index contributed by atoms with van der Waals surface area (Å²) < 4.78 is 46.2. The van der Waals surface area contributed by atoms with Crippen molar-refractivity contribution in [2.24, 2.45) is 0 Å². The molecule has 0 radical (unpaired) electrons. The number of pyridine rings is 1. The summed E-state index contributed by atoms with van der Waals surface area (Å²) in [4.78, 5) is 27.5. The summed E-state index contributed by atoms with van der Waals surface area (Å²) in [5.41, 5.74) is 1.76. The zero-order valence-corrected chi connectivity index (χ0v) is 19.3. The maximum atomic E-state index is 13.2. The number of hydrogen-bond acceptors (Lipinski definition) is 7. The zero-order chi connectivity index (χ0) is 25.6. The van der Waals surface area contributed by atoms with Crippen LogP contribution >= 0.6 is 0 Å². The van der Waals surface area contributed by atoms with E-state index in [1.54, 1.807) is 42.6 Å². The highest BCUT2D eigenvalue weighted by molar-refractivity contribution is 5.99. The summed E-state index contributed by atoms with van der Waals surface area (Å²) in [6, 6.07) is 9.82. The first-order chi connectivity index (χ1) is 17.8. The predicted molar refractivity (Wildman–Crippen MR) is 129 cm³/mol. The molecule has 2 aliphatic heterocycles. The van der Waals surface area contributed by atoms with Gasteiger partial charge in [0.1, 0.15) is 12.4 Å². The van der Waals surface area contributed by atoms with E-state index in [-0.39, 0.29) is 23.6 Å². The number of halogens is 3. The lowest BCUT2D eigenvalue weighted by Gasteiger charge is -2.28. The van der Waals surface area contributed by atoms with Crippen molar-refractivity contribution in [3.63, 3.8) is 0 Å². The minimum atomic E-state index is -4.45. The number of carbonyl (C=O) groups is 1. The fourth-order valence-electron chi connectivity index (χ4n) is 4.67.